The van der Waals surface area contributed by atoms with Gasteiger partial charge in [0.25, 0.3) is 0 Å². The van der Waals surface area contributed by atoms with E-state index in [4.69, 9.17) is 15.7 Å². The average molecular weight is 218 g/mol. The van der Waals surface area contributed by atoms with Crippen LogP contribution >= 0.6 is 0 Å². The summed E-state index contributed by atoms with van der Waals surface area (Å²) in [5.74, 6) is -1.11. The van der Waals surface area contributed by atoms with Gasteiger partial charge in [-0.05, 0) is 19.4 Å². The molecule has 1 amide bonds. The van der Waals surface area contributed by atoms with Gasteiger partial charge in [0.2, 0.25) is 6.41 Å². The third kappa shape index (κ3) is 5.34. The second-order valence-electron chi connectivity index (χ2n) is 3.08. The number of carboxylic acid groups (broad SMARTS) is 1. The van der Waals surface area contributed by atoms with E-state index in [1.165, 1.54) is 0 Å². The van der Waals surface area contributed by atoms with Gasteiger partial charge in [0.05, 0.1) is 6.61 Å². The van der Waals surface area contributed by atoms with Crippen LogP contribution in [0, 0.1) is 0 Å². The Kier molecular flexibility index (Phi) is 7.57. The van der Waals surface area contributed by atoms with Crippen LogP contribution in [0.25, 0.3) is 0 Å². The number of carbonyl (C=O) groups is 2. The number of carboxylic acids is 1. The number of aliphatic carboxylic acids is 1. The minimum atomic E-state index is -1.11. The molecular formula is C9H18N2O4. The van der Waals surface area contributed by atoms with E-state index in [0.717, 1.165) is 17.9 Å². The number of rotatable bonds is 9. The Labute approximate surface area is 88.9 Å². The van der Waals surface area contributed by atoms with Crippen LogP contribution in [0.15, 0.2) is 0 Å². The molecule has 6 heteroatoms. The van der Waals surface area contributed by atoms with Crippen LogP contribution in [-0.2, 0) is 14.4 Å². The second kappa shape index (κ2) is 8.19. The highest BCUT2D eigenvalue weighted by Gasteiger charge is 2.24. The number of amides is 1. The molecule has 6 nitrogen and oxygen atoms in total. The highest BCUT2D eigenvalue weighted by molar-refractivity contribution is 5.75. The predicted molar refractivity (Wildman–Crippen MR) is 53.9 cm³/mol. The van der Waals surface area contributed by atoms with Crippen molar-refractivity contribution in [3.63, 3.8) is 0 Å². The normalized spacial score (nSPS) is 12.1. The predicted octanol–water partition coefficient (Wildman–Crippen LogP) is -0.0215. The number of nitrogens with zero attached hydrogens (tertiary/aromatic N) is 1. The van der Waals surface area contributed by atoms with Gasteiger partial charge in [-0.1, -0.05) is 13.3 Å². The Morgan fingerprint density at radius 2 is 2.33 bits per heavy atom. The molecule has 1 atom stereocenters. The zero-order chi connectivity index (χ0) is 11.7. The summed E-state index contributed by atoms with van der Waals surface area (Å²) in [4.78, 5) is 26.4. The first-order chi connectivity index (χ1) is 7.17. The first kappa shape index (κ1) is 13.9. The Morgan fingerprint density at radius 1 is 1.67 bits per heavy atom. The summed E-state index contributed by atoms with van der Waals surface area (Å²) in [6, 6.07) is -0.996. The van der Waals surface area contributed by atoms with Gasteiger partial charge in [-0.25, -0.2) is 9.86 Å². The molecule has 0 aliphatic rings. The van der Waals surface area contributed by atoms with Crippen LogP contribution in [0.4, 0.5) is 0 Å². The summed E-state index contributed by atoms with van der Waals surface area (Å²) >= 11 is 0. The highest BCUT2D eigenvalue weighted by Crippen LogP contribution is 2.04. The molecule has 0 spiro atoms. The zero-order valence-electron chi connectivity index (χ0n) is 8.89. The summed E-state index contributed by atoms with van der Waals surface area (Å²) in [7, 11) is 0. The van der Waals surface area contributed by atoms with Crippen molar-refractivity contribution in [3.8, 4) is 0 Å². The van der Waals surface area contributed by atoms with Gasteiger partial charge < -0.3 is 10.8 Å². The van der Waals surface area contributed by atoms with E-state index in [1.807, 2.05) is 6.92 Å². The molecule has 0 heterocycles. The van der Waals surface area contributed by atoms with Crippen molar-refractivity contribution in [3.05, 3.63) is 0 Å². The lowest BCUT2D eigenvalue weighted by atomic mass is 10.2. The van der Waals surface area contributed by atoms with E-state index < -0.39 is 12.0 Å². The molecule has 0 rings (SSSR count). The minimum absolute atomic E-state index is 0.181. The van der Waals surface area contributed by atoms with Gasteiger partial charge in [0.1, 0.15) is 0 Å². The molecule has 0 fully saturated rings. The fraction of sp³-hybridized carbons (Fsp3) is 0.778. The third-order valence-electron chi connectivity index (χ3n) is 1.87. The van der Waals surface area contributed by atoms with Crippen molar-refractivity contribution in [2.75, 3.05) is 13.2 Å². The van der Waals surface area contributed by atoms with Crippen LogP contribution in [-0.4, -0.2) is 41.7 Å². The van der Waals surface area contributed by atoms with Crippen molar-refractivity contribution < 1.29 is 19.5 Å². The van der Waals surface area contributed by atoms with Gasteiger partial charge in [-0.2, -0.15) is 0 Å². The first-order valence-electron chi connectivity index (χ1n) is 4.96. The molecule has 0 aliphatic heterocycles. The Balaban J connectivity index is 4.18. The van der Waals surface area contributed by atoms with Crippen molar-refractivity contribution >= 4 is 12.4 Å². The molecule has 0 aromatic rings. The lowest BCUT2D eigenvalue weighted by Gasteiger charge is -2.23. The van der Waals surface area contributed by atoms with Crippen molar-refractivity contribution in [1.82, 2.24) is 5.06 Å². The molecule has 0 bridgehead atoms. The van der Waals surface area contributed by atoms with E-state index in [9.17, 15) is 9.59 Å². The molecule has 3 N–H and O–H groups in total. The number of hydroxylamine groups is 2. The summed E-state index contributed by atoms with van der Waals surface area (Å²) in [5.41, 5.74) is 5.25. The summed E-state index contributed by atoms with van der Waals surface area (Å²) in [6.45, 7) is 2.51. The molecule has 0 unspecified atom stereocenters. The molecule has 0 radical (unpaired) electrons. The van der Waals surface area contributed by atoms with Crippen LogP contribution in [0.3, 0.4) is 0 Å². The van der Waals surface area contributed by atoms with E-state index in [2.05, 4.69) is 0 Å². The standard InChI is InChI=1S/C9H18N2O4/c1-2-3-6-15-11(7-12)8(4-5-10)9(13)14/h7-8H,2-6,10H2,1H3,(H,13,14)/t8-/m1/s1. The lowest BCUT2D eigenvalue weighted by molar-refractivity contribution is -0.196. The van der Waals surface area contributed by atoms with Crippen molar-refractivity contribution in [2.45, 2.75) is 32.2 Å². The van der Waals surface area contributed by atoms with E-state index >= 15 is 0 Å². The maximum absolute atomic E-state index is 10.8. The monoisotopic (exact) mass is 218 g/mol. The molecule has 88 valence electrons. The maximum Gasteiger partial charge on any atom is 0.329 e. The number of unbranched alkanes of at least 4 members (excludes halogenated alkanes) is 1. The van der Waals surface area contributed by atoms with E-state index in [-0.39, 0.29) is 13.0 Å². The summed E-state index contributed by atoms with van der Waals surface area (Å²) in [6.07, 6.45) is 2.25. The van der Waals surface area contributed by atoms with Gasteiger partial charge in [-0.15, -0.1) is 0 Å². The molecule has 15 heavy (non-hydrogen) atoms. The Morgan fingerprint density at radius 3 is 2.73 bits per heavy atom. The Hall–Kier alpha value is -1.14. The second-order valence-corrected chi connectivity index (χ2v) is 3.08. The number of nitrogens with two attached hydrogens (primary N) is 1. The highest BCUT2D eigenvalue weighted by atomic mass is 16.7. The number of carbonyl (C=O) groups excluding carboxylic acids is 1. The fourth-order valence-electron chi connectivity index (χ4n) is 1.03. The van der Waals surface area contributed by atoms with Crippen LogP contribution in [0.2, 0.25) is 0 Å². The number of hydrogen-bond donors (Lipinski definition) is 2. The molecule has 0 saturated heterocycles. The van der Waals surface area contributed by atoms with E-state index in [0.29, 0.717) is 13.0 Å². The van der Waals surface area contributed by atoms with Crippen LogP contribution in [0.1, 0.15) is 26.2 Å². The largest absolute Gasteiger partial charge is 0.480 e. The van der Waals surface area contributed by atoms with Gasteiger partial charge in [0, 0.05) is 0 Å². The van der Waals surface area contributed by atoms with E-state index in [1.54, 1.807) is 0 Å². The molecular weight excluding hydrogens is 200 g/mol. The number of hydrogen-bond acceptors (Lipinski definition) is 4. The lowest BCUT2D eigenvalue weighted by Crippen LogP contribution is -2.41. The quantitative estimate of drug-likeness (QED) is 0.322. The molecule has 0 aromatic carbocycles. The zero-order valence-corrected chi connectivity index (χ0v) is 8.89. The first-order valence-corrected chi connectivity index (χ1v) is 4.96. The molecule has 0 aliphatic carbocycles. The van der Waals surface area contributed by atoms with Crippen LogP contribution in [0.5, 0.6) is 0 Å². The fourth-order valence-corrected chi connectivity index (χ4v) is 1.03. The topological polar surface area (TPSA) is 92.9 Å². The molecule has 0 aromatic heterocycles. The summed E-state index contributed by atoms with van der Waals surface area (Å²) in [5, 5.41) is 9.65. The summed E-state index contributed by atoms with van der Waals surface area (Å²) < 4.78 is 0. The van der Waals surface area contributed by atoms with Gasteiger partial charge in [0.15, 0.2) is 6.04 Å². The smallest absolute Gasteiger partial charge is 0.329 e. The SMILES string of the molecule is CCCCON(C=O)[C@H](CCN)C(=O)O. The van der Waals surface area contributed by atoms with Crippen molar-refractivity contribution in [2.24, 2.45) is 5.73 Å². The van der Waals surface area contributed by atoms with Gasteiger partial charge >= 0.3 is 5.97 Å². The third-order valence-corrected chi connectivity index (χ3v) is 1.87. The van der Waals surface area contributed by atoms with Gasteiger partial charge in [-0.3, -0.25) is 9.63 Å². The van der Waals surface area contributed by atoms with Crippen molar-refractivity contribution in [1.29, 1.82) is 0 Å². The maximum atomic E-state index is 10.8. The average Bonchev–Trinajstić information content (AvgIpc) is 2.22. The minimum Gasteiger partial charge on any atom is -0.480 e. The molecule has 0 saturated carbocycles. The Bertz CT molecular complexity index is 199. The van der Waals surface area contributed by atoms with Crippen LogP contribution < -0.4 is 5.73 Å².